The van der Waals surface area contributed by atoms with Gasteiger partial charge in [-0.3, -0.25) is 9.10 Å². The lowest BCUT2D eigenvalue weighted by Crippen LogP contribution is -2.39. The van der Waals surface area contributed by atoms with E-state index in [4.69, 9.17) is 16.3 Å². The topological polar surface area (TPSA) is 93.0 Å². The van der Waals surface area contributed by atoms with Crippen LogP contribution in [-0.2, 0) is 14.8 Å². The van der Waals surface area contributed by atoms with E-state index in [1.54, 1.807) is 36.4 Å². The molecule has 3 aromatic carbocycles. The Hall–Kier alpha value is -4.08. The normalized spacial score (nSPS) is 11.5. The number of ether oxygens (including phenoxy) is 1. The molecule has 10 heteroatoms. The molecule has 0 aliphatic heterocycles. The highest BCUT2D eigenvalue weighted by atomic mass is 35.5. The molecule has 0 bridgehead atoms. The third-order valence-electron chi connectivity index (χ3n) is 6.19. The first-order chi connectivity index (χ1) is 18.6. The summed E-state index contributed by atoms with van der Waals surface area (Å²) < 4.78 is 35.3. The van der Waals surface area contributed by atoms with Crippen molar-refractivity contribution in [2.24, 2.45) is 5.10 Å². The predicted octanol–water partition coefficient (Wildman–Crippen LogP) is 5.41. The number of carbonyl (C=O) groups excluding carboxylic acids is 1. The summed E-state index contributed by atoms with van der Waals surface area (Å²) in [5, 5.41) is 4.73. The molecule has 39 heavy (non-hydrogen) atoms. The maximum Gasteiger partial charge on any atom is 0.264 e. The quantitative estimate of drug-likeness (QED) is 0.217. The standard InChI is InChI=1S/C29H29ClN4O4S/c1-20-8-14-28(15-9-20)39(36,37)33(25-10-12-27(38-4)13-11-25)19-29(35)32-31-18-23-16-21(2)34(22(23)3)26-7-5-6-24(30)17-26/h5-18H,19H2,1-4H3,(H,32,35)/b31-18+. The molecule has 4 rings (SSSR count). The van der Waals surface area contributed by atoms with Crippen LogP contribution in [0.5, 0.6) is 5.75 Å². The second-order valence-corrected chi connectivity index (χ2v) is 11.3. The van der Waals surface area contributed by atoms with Gasteiger partial charge in [-0.25, -0.2) is 13.8 Å². The van der Waals surface area contributed by atoms with Crippen LogP contribution in [0.15, 0.2) is 88.9 Å². The van der Waals surface area contributed by atoms with Crippen LogP contribution < -0.4 is 14.5 Å². The molecule has 0 radical (unpaired) electrons. The minimum absolute atomic E-state index is 0.0775. The van der Waals surface area contributed by atoms with Crippen LogP contribution in [0.1, 0.15) is 22.5 Å². The van der Waals surface area contributed by atoms with Crippen molar-refractivity contribution in [3.8, 4) is 11.4 Å². The third kappa shape index (κ3) is 6.32. The minimum Gasteiger partial charge on any atom is -0.497 e. The Morgan fingerprint density at radius 3 is 2.36 bits per heavy atom. The zero-order chi connectivity index (χ0) is 28.2. The van der Waals surface area contributed by atoms with Crippen LogP contribution in [0.2, 0.25) is 5.02 Å². The summed E-state index contributed by atoms with van der Waals surface area (Å²) in [6, 6.07) is 22.4. The lowest BCUT2D eigenvalue weighted by Gasteiger charge is -2.24. The first-order valence-corrected chi connectivity index (χ1v) is 13.9. The highest BCUT2D eigenvalue weighted by Crippen LogP contribution is 2.26. The third-order valence-corrected chi connectivity index (χ3v) is 8.21. The van der Waals surface area contributed by atoms with E-state index < -0.39 is 22.5 Å². The average molecular weight is 565 g/mol. The first-order valence-electron chi connectivity index (χ1n) is 12.1. The van der Waals surface area contributed by atoms with Gasteiger partial charge in [0.15, 0.2) is 0 Å². The summed E-state index contributed by atoms with van der Waals surface area (Å²) in [7, 11) is -2.52. The van der Waals surface area contributed by atoms with Gasteiger partial charge in [0.2, 0.25) is 0 Å². The summed E-state index contributed by atoms with van der Waals surface area (Å²) in [5.41, 5.74) is 7.30. The Morgan fingerprint density at radius 2 is 1.72 bits per heavy atom. The Labute approximate surface area is 233 Å². The van der Waals surface area contributed by atoms with Crippen molar-refractivity contribution >= 4 is 39.4 Å². The average Bonchev–Trinajstić information content (AvgIpc) is 3.20. The fourth-order valence-corrected chi connectivity index (χ4v) is 5.78. The van der Waals surface area contributed by atoms with Gasteiger partial charge in [0.05, 0.1) is 23.9 Å². The van der Waals surface area contributed by atoms with Gasteiger partial charge in [-0.1, -0.05) is 35.4 Å². The minimum atomic E-state index is -4.04. The molecule has 4 aromatic rings. The molecule has 0 aliphatic rings. The molecule has 0 fully saturated rings. The van der Waals surface area contributed by atoms with E-state index in [1.165, 1.54) is 25.5 Å². The van der Waals surface area contributed by atoms with E-state index >= 15 is 0 Å². The number of amides is 1. The molecular formula is C29H29ClN4O4S. The summed E-state index contributed by atoms with van der Waals surface area (Å²) in [6.07, 6.45) is 1.54. The van der Waals surface area contributed by atoms with Gasteiger partial charge in [0.1, 0.15) is 12.3 Å². The molecule has 1 amide bonds. The zero-order valence-corrected chi connectivity index (χ0v) is 23.6. The smallest absolute Gasteiger partial charge is 0.264 e. The molecule has 0 aliphatic carbocycles. The van der Waals surface area contributed by atoms with Gasteiger partial charge in [-0.05, 0) is 81.4 Å². The Balaban J connectivity index is 1.56. The van der Waals surface area contributed by atoms with E-state index in [1.807, 2.05) is 55.7 Å². The molecule has 202 valence electrons. The fourth-order valence-electron chi connectivity index (χ4n) is 4.17. The molecule has 0 unspecified atom stereocenters. The Bertz CT molecular complexity index is 1610. The lowest BCUT2D eigenvalue weighted by atomic mass is 10.2. The summed E-state index contributed by atoms with van der Waals surface area (Å²) in [5.74, 6) is -0.0303. The number of benzene rings is 3. The molecule has 1 heterocycles. The Morgan fingerprint density at radius 1 is 1.03 bits per heavy atom. The number of hydrogen-bond donors (Lipinski definition) is 1. The van der Waals surface area contributed by atoms with Crippen molar-refractivity contribution in [3.05, 3.63) is 106 Å². The number of aryl methyl sites for hydroxylation is 2. The van der Waals surface area contributed by atoms with Crippen LogP contribution in [0, 0.1) is 20.8 Å². The van der Waals surface area contributed by atoms with Gasteiger partial charge in [0, 0.05) is 27.7 Å². The van der Waals surface area contributed by atoms with Gasteiger partial charge < -0.3 is 9.30 Å². The van der Waals surface area contributed by atoms with E-state index in [-0.39, 0.29) is 4.90 Å². The maximum atomic E-state index is 13.5. The zero-order valence-electron chi connectivity index (χ0n) is 22.1. The molecule has 0 saturated heterocycles. The van der Waals surface area contributed by atoms with Crippen LogP contribution in [-0.4, -0.2) is 38.8 Å². The predicted molar refractivity (Wildman–Crippen MR) is 155 cm³/mol. The number of nitrogens with one attached hydrogen (secondary N) is 1. The van der Waals surface area contributed by atoms with Gasteiger partial charge in [-0.2, -0.15) is 5.10 Å². The number of carbonyl (C=O) groups is 1. The Kier molecular flexibility index (Phi) is 8.42. The molecule has 1 N–H and O–H groups in total. The van der Waals surface area contributed by atoms with E-state index in [0.29, 0.717) is 16.5 Å². The van der Waals surface area contributed by atoms with E-state index in [9.17, 15) is 13.2 Å². The SMILES string of the molecule is COc1ccc(N(CC(=O)N/N=C/c2cc(C)n(-c3cccc(Cl)c3)c2C)S(=O)(=O)c2ccc(C)cc2)cc1. The number of halogens is 1. The number of anilines is 1. The highest BCUT2D eigenvalue weighted by Gasteiger charge is 2.27. The van der Waals surface area contributed by atoms with Crippen LogP contribution in [0.25, 0.3) is 5.69 Å². The van der Waals surface area contributed by atoms with Crippen molar-refractivity contribution in [1.29, 1.82) is 0 Å². The number of sulfonamides is 1. The number of aromatic nitrogens is 1. The molecular weight excluding hydrogens is 536 g/mol. The molecule has 0 saturated carbocycles. The number of hydrazone groups is 1. The summed E-state index contributed by atoms with van der Waals surface area (Å²) >= 11 is 6.16. The summed E-state index contributed by atoms with van der Waals surface area (Å²) in [4.78, 5) is 13.0. The number of hydrogen-bond acceptors (Lipinski definition) is 5. The van der Waals surface area contributed by atoms with Crippen molar-refractivity contribution in [1.82, 2.24) is 9.99 Å². The monoisotopic (exact) mass is 564 g/mol. The summed E-state index contributed by atoms with van der Waals surface area (Å²) in [6.45, 7) is 5.31. The highest BCUT2D eigenvalue weighted by molar-refractivity contribution is 7.92. The van der Waals surface area contributed by atoms with Crippen molar-refractivity contribution < 1.29 is 17.9 Å². The first kappa shape index (κ1) is 27.9. The van der Waals surface area contributed by atoms with E-state index in [2.05, 4.69) is 10.5 Å². The van der Waals surface area contributed by atoms with Crippen LogP contribution >= 0.6 is 11.6 Å². The number of rotatable bonds is 9. The second kappa shape index (κ2) is 11.8. The van der Waals surface area contributed by atoms with Crippen molar-refractivity contribution in [3.63, 3.8) is 0 Å². The second-order valence-electron chi connectivity index (χ2n) is 8.96. The fraction of sp³-hybridized carbons (Fsp3) is 0.172. The van der Waals surface area contributed by atoms with E-state index in [0.717, 1.165) is 32.5 Å². The van der Waals surface area contributed by atoms with Gasteiger partial charge in [-0.15, -0.1) is 0 Å². The van der Waals surface area contributed by atoms with Crippen LogP contribution in [0.3, 0.4) is 0 Å². The van der Waals surface area contributed by atoms with Crippen molar-refractivity contribution in [2.45, 2.75) is 25.7 Å². The number of methoxy groups -OCH3 is 1. The molecule has 8 nitrogen and oxygen atoms in total. The van der Waals surface area contributed by atoms with Gasteiger partial charge in [0.25, 0.3) is 15.9 Å². The van der Waals surface area contributed by atoms with Crippen molar-refractivity contribution in [2.75, 3.05) is 18.0 Å². The van der Waals surface area contributed by atoms with Crippen LogP contribution in [0.4, 0.5) is 5.69 Å². The molecule has 0 atom stereocenters. The molecule has 1 aromatic heterocycles. The maximum absolute atomic E-state index is 13.5. The lowest BCUT2D eigenvalue weighted by molar-refractivity contribution is -0.119. The molecule has 0 spiro atoms. The number of nitrogens with zero attached hydrogens (tertiary/aromatic N) is 3. The largest absolute Gasteiger partial charge is 0.497 e. The van der Waals surface area contributed by atoms with Gasteiger partial charge >= 0.3 is 0 Å².